The van der Waals surface area contributed by atoms with Gasteiger partial charge < -0.3 is 0 Å². The van der Waals surface area contributed by atoms with Crippen molar-refractivity contribution < 1.29 is 5.11 Å². The van der Waals surface area contributed by atoms with Crippen LogP contribution in [0.5, 0.6) is 5.75 Å². The molecule has 0 saturated carbocycles. The molecule has 0 heterocycles. The van der Waals surface area contributed by atoms with Gasteiger partial charge in [-0.15, -0.1) is 0 Å². The summed E-state index contributed by atoms with van der Waals surface area (Å²) in [6.07, 6.45) is 0. The van der Waals surface area contributed by atoms with Crippen molar-refractivity contribution in [3.05, 3.63) is 24.3 Å². The Labute approximate surface area is 77.2 Å². The van der Waals surface area contributed by atoms with Gasteiger partial charge in [-0.1, -0.05) is 0 Å². The third-order valence-corrected chi connectivity index (χ3v) is 6.78. The molecule has 11 heavy (non-hydrogen) atoms. The van der Waals surface area contributed by atoms with E-state index in [1.54, 1.807) is 24.3 Å². The van der Waals surface area contributed by atoms with Gasteiger partial charge in [0.25, 0.3) is 0 Å². The van der Waals surface area contributed by atoms with Crippen molar-refractivity contribution in [3.8, 4) is 5.75 Å². The number of halogens is 2. The zero-order valence-electron chi connectivity index (χ0n) is 5.92. The summed E-state index contributed by atoms with van der Waals surface area (Å²) in [4.78, 5) is 1.87. The standard InChI is InChI=1S/C7H8Cl2OTe/c1-11(8,9)7-4-2-6(10)3-5-7/h2-5,10H,1H3. The molecule has 4 heteroatoms. The van der Waals surface area contributed by atoms with Crippen LogP contribution < -0.4 is 3.61 Å². The summed E-state index contributed by atoms with van der Waals surface area (Å²) in [7, 11) is 12.0. The van der Waals surface area contributed by atoms with Crippen molar-refractivity contribution in [1.82, 2.24) is 0 Å². The van der Waals surface area contributed by atoms with Crippen LogP contribution in [-0.4, -0.2) is 21.0 Å². The molecule has 0 spiro atoms. The van der Waals surface area contributed by atoms with E-state index in [1.165, 1.54) is 0 Å². The molecule has 0 saturated heterocycles. The van der Waals surface area contributed by atoms with E-state index in [-0.39, 0.29) is 5.75 Å². The number of benzene rings is 1. The van der Waals surface area contributed by atoms with Gasteiger partial charge in [-0.05, 0) is 0 Å². The van der Waals surface area contributed by atoms with E-state index in [1.807, 2.05) is 4.97 Å². The third-order valence-electron chi connectivity index (χ3n) is 1.25. The minimum atomic E-state index is -2.72. The fourth-order valence-electron chi connectivity index (χ4n) is 0.685. The Morgan fingerprint density at radius 3 is 2.00 bits per heavy atom. The molecule has 0 bridgehead atoms. The van der Waals surface area contributed by atoms with Gasteiger partial charge in [0.05, 0.1) is 0 Å². The average Bonchev–Trinajstić information content (AvgIpc) is 1.86. The van der Waals surface area contributed by atoms with Gasteiger partial charge in [0.15, 0.2) is 0 Å². The number of aromatic hydroxyl groups is 1. The maximum absolute atomic E-state index is 8.96. The SMILES string of the molecule is C[Te](Cl)(Cl)c1ccc(O)cc1. The molecule has 0 fully saturated rings. The summed E-state index contributed by atoms with van der Waals surface area (Å²) >= 11 is -2.72. The van der Waals surface area contributed by atoms with Crippen LogP contribution in [0.4, 0.5) is 0 Å². The number of hydrogen-bond donors (Lipinski definition) is 1. The number of rotatable bonds is 1. The average molecular weight is 307 g/mol. The van der Waals surface area contributed by atoms with E-state index < -0.39 is 15.9 Å². The van der Waals surface area contributed by atoms with Crippen LogP contribution in [0.1, 0.15) is 0 Å². The molecule has 0 aliphatic heterocycles. The molecule has 0 aromatic heterocycles. The Kier molecular flexibility index (Phi) is 2.94. The van der Waals surface area contributed by atoms with Crippen LogP contribution in [0, 0.1) is 0 Å². The van der Waals surface area contributed by atoms with E-state index in [0.717, 1.165) is 3.61 Å². The third kappa shape index (κ3) is 2.72. The molecule has 0 unspecified atom stereocenters. The quantitative estimate of drug-likeness (QED) is 0.788. The van der Waals surface area contributed by atoms with Gasteiger partial charge in [0.1, 0.15) is 0 Å². The van der Waals surface area contributed by atoms with Crippen molar-refractivity contribution >= 4 is 37.5 Å². The van der Waals surface area contributed by atoms with Gasteiger partial charge >= 0.3 is 77.6 Å². The topological polar surface area (TPSA) is 20.2 Å². The predicted octanol–water partition coefficient (Wildman–Crippen LogP) is 2.15. The van der Waals surface area contributed by atoms with E-state index in [2.05, 4.69) is 0 Å². The van der Waals surface area contributed by atoms with Crippen LogP contribution >= 0.6 is 17.9 Å². The van der Waals surface area contributed by atoms with Gasteiger partial charge in [0.2, 0.25) is 0 Å². The van der Waals surface area contributed by atoms with Crippen molar-refractivity contribution in [2.24, 2.45) is 0 Å². The summed E-state index contributed by atoms with van der Waals surface area (Å²) in [5, 5.41) is 8.96. The molecule has 62 valence electrons. The Bertz CT molecular complexity index is 240. The molecule has 0 aliphatic rings. The van der Waals surface area contributed by atoms with Crippen LogP contribution in [0.15, 0.2) is 24.3 Å². The predicted molar refractivity (Wildman–Crippen MR) is 51.1 cm³/mol. The zero-order valence-corrected chi connectivity index (χ0v) is 9.76. The summed E-state index contributed by atoms with van der Waals surface area (Å²) in [6.45, 7) is 0. The first-order valence-corrected chi connectivity index (χ1v) is 12.4. The monoisotopic (exact) mass is 308 g/mol. The molecule has 1 rings (SSSR count). The minimum absolute atomic E-state index is 0.245. The Balaban J connectivity index is 2.99. The Morgan fingerprint density at radius 1 is 1.18 bits per heavy atom. The fourth-order valence-corrected chi connectivity index (χ4v) is 3.82. The van der Waals surface area contributed by atoms with E-state index >= 15 is 0 Å². The first-order chi connectivity index (χ1) is 5.00. The van der Waals surface area contributed by atoms with Gasteiger partial charge in [-0.25, -0.2) is 0 Å². The first kappa shape index (κ1) is 9.48. The molecule has 0 atom stereocenters. The molecule has 0 radical (unpaired) electrons. The molecule has 1 aromatic rings. The zero-order chi connectivity index (χ0) is 8.48. The first-order valence-electron chi connectivity index (χ1n) is 2.97. The van der Waals surface area contributed by atoms with Gasteiger partial charge in [-0.3, -0.25) is 0 Å². The molecular formula is C7H8Cl2OTe. The van der Waals surface area contributed by atoms with Crippen LogP contribution in [0.3, 0.4) is 0 Å². The van der Waals surface area contributed by atoms with Crippen molar-refractivity contribution in [2.75, 3.05) is 0 Å². The molecule has 0 amide bonds. The molecule has 1 aromatic carbocycles. The second-order valence-corrected chi connectivity index (χ2v) is 17.0. The Morgan fingerprint density at radius 2 is 1.64 bits per heavy atom. The normalized spacial score (nSPS) is 13.0. The molecular weight excluding hydrogens is 299 g/mol. The molecule has 0 aliphatic carbocycles. The van der Waals surface area contributed by atoms with Crippen LogP contribution in [0.2, 0.25) is 4.97 Å². The van der Waals surface area contributed by atoms with Gasteiger partial charge in [0, 0.05) is 0 Å². The molecule has 1 N–H and O–H groups in total. The Hall–Kier alpha value is 0.390. The second kappa shape index (κ2) is 3.41. The van der Waals surface area contributed by atoms with Crippen molar-refractivity contribution in [1.29, 1.82) is 0 Å². The van der Waals surface area contributed by atoms with Crippen molar-refractivity contribution in [2.45, 2.75) is 4.97 Å². The van der Waals surface area contributed by atoms with Gasteiger partial charge in [-0.2, -0.15) is 0 Å². The number of hydrogen-bond acceptors (Lipinski definition) is 1. The maximum atomic E-state index is 8.96. The number of phenolic OH excluding ortho intramolecular Hbond substituents is 1. The summed E-state index contributed by atoms with van der Waals surface area (Å²) in [5.74, 6) is 0.245. The van der Waals surface area contributed by atoms with Crippen LogP contribution in [-0.2, 0) is 0 Å². The van der Waals surface area contributed by atoms with Crippen molar-refractivity contribution in [3.63, 3.8) is 0 Å². The fraction of sp³-hybridized carbons (Fsp3) is 0.143. The summed E-state index contributed by atoms with van der Waals surface area (Å²) in [6, 6.07) is 6.75. The summed E-state index contributed by atoms with van der Waals surface area (Å²) in [5.41, 5.74) is 0. The van der Waals surface area contributed by atoms with E-state index in [9.17, 15) is 0 Å². The molecule has 1 nitrogen and oxygen atoms in total. The second-order valence-electron chi connectivity index (χ2n) is 2.22. The van der Waals surface area contributed by atoms with E-state index in [0.29, 0.717) is 0 Å². The summed E-state index contributed by atoms with van der Waals surface area (Å²) < 4.78 is 0.967. The van der Waals surface area contributed by atoms with Crippen LogP contribution in [0.25, 0.3) is 0 Å². The number of phenols is 1. The van der Waals surface area contributed by atoms with E-state index in [4.69, 9.17) is 23.0 Å².